The summed E-state index contributed by atoms with van der Waals surface area (Å²) in [6.07, 6.45) is 3.17. The maximum absolute atomic E-state index is 13.2. The van der Waals surface area contributed by atoms with Gasteiger partial charge < -0.3 is 14.4 Å². The molecule has 0 unspecified atom stereocenters. The van der Waals surface area contributed by atoms with Gasteiger partial charge in [-0.15, -0.1) is 0 Å². The lowest BCUT2D eigenvalue weighted by atomic mass is 9.94. The minimum atomic E-state index is 0.0229. The van der Waals surface area contributed by atoms with Crippen LogP contribution in [0.15, 0.2) is 30.3 Å². The third-order valence-electron chi connectivity index (χ3n) is 5.13. The van der Waals surface area contributed by atoms with E-state index in [2.05, 4.69) is 4.98 Å². The second-order valence-electron chi connectivity index (χ2n) is 6.88. The molecule has 1 aromatic carbocycles. The quantitative estimate of drug-likeness (QED) is 0.857. The minimum Gasteiger partial charge on any atom is -0.477 e. The van der Waals surface area contributed by atoms with Gasteiger partial charge in [0.15, 0.2) is 0 Å². The molecule has 2 aromatic rings. The molecule has 0 radical (unpaired) electrons. The van der Waals surface area contributed by atoms with Crippen LogP contribution in [0.25, 0.3) is 10.9 Å². The molecule has 2 atom stereocenters. The normalized spacial score (nSPS) is 22.8. The van der Waals surface area contributed by atoms with Gasteiger partial charge in [0, 0.05) is 31.0 Å². The number of likely N-dealkylation sites (tertiary alicyclic amines) is 1. The number of carbonyl (C=O) groups excluding carboxylic acids is 1. The van der Waals surface area contributed by atoms with E-state index in [1.165, 1.54) is 0 Å². The standard InChI is InChI=1S/C20H24N2O3/c1-2-10-25-19-16(12-14-5-3-4-6-17(14)21-19)20(23)22-9-7-18-15(13-22)8-11-24-18/h3-6,12,15,18H,2,7-11,13H2,1H3/t15-,18+/m1/s1. The highest BCUT2D eigenvalue weighted by atomic mass is 16.5. The molecule has 2 aliphatic heterocycles. The highest BCUT2D eigenvalue weighted by Crippen LogP contribution is 2.31. The van der Waals surface area contributed by atoms with Crippen LogP contribution in [0, 0.1) is 5.92 Å². The average molecular weight is 340 g/mol. The Bertz CT molecular complexity index is 777. The second-order valence-corrected chi connectivity index (χ2v) is 6.88. The van der Waals surface area contributed by atoms with Gasteiger partial charge in [-0.2, -0.15) is 0 Å². The van der Waals surface area contributed by atoms with Crippen molar-refractivity contribution in [3.8, 4) is 5.88 Å². The highest BCUT2D eigenvalue weighted by molar-refractivity contribution is 6.00. The summed E-state index contributed by atoms with van der Waals surface area (Å²) in [5.74, 6) is 0.941. The topological polar surface area (TPSA) is 51.7 Å². The monoisotopic (exact) mass is 340 g/mol. The molecule has 3 heterocycles. The summed E-state index contributed by atoms with van der Waals surface area (Å²) in [5.41, 5.74) is 1.43. The van der Waals surface area contributed by atoms with E-state index in [-0.39, 0.29) is 5.91 Å². The van der Waals surface area contributed by atoms with Crippen molar-refractivity contribution in [1.29, 1.82) is 0 Å². The summed E-state index contributed by atoms with van der Waals surface area (Å²) < 4.78 is 11.6. The third kappa shape index (κ3) is 3.21. The molecule has 5 heteroatoms. The molecule has 1 aromatic heterocycles. The number of amides is 1. The van der Waals surface area contributed by atoms with E-state index >= 15 is 0 Å². The Balaban J connectivity index is 1.64. The minimum absolute atomic E-state index is 0.0229. The summed E-state index contributed by atoms with van der Waals surface area (Å²) in [7, 11) is 0. The molecular weight excluding hydrogens is 316 g/mol. The number of fused-ring (bicyclic) bond motifs is 2. The summed E-state index contributed by atoms with van der Waals surface area (Å²) in [6.45, 7) is 4.93. The Morgan fingerprint density at radius 3 is 3.12 bits per heavy atom. The smallest absolute Gasteiger partial charge is 0.259 e. The Morgan fingerprint density at radius 2 is 2.24 bits per heavy atom. The number of ether oxygens (including phenoxy) is 2. The third-order valence-corrected chi connectivity index (χ3v) is 5.13. The van der Waals surface area contributed by atoms with Crippen LogP contribution in [-0.2, 0) is 4.74 Å². The van der Waals surface area contributed by atoms with Gasteiger partial charge in [-0.1, -0.05) is 25.1 Å². The molecule has 0 spiro atoms. The van der Waals surface area contributed by atoms with Crippen molar-refractivity contribution in [3.63, 3.8) is 0 Å². The Hall–Kier alpha value is -2.14. The highest BCUT2D eigenvalue weighted by Gasteiger charge is 2.36. The van der Waals surface area contributed by atoms with Gasteiger partial charge in [0.25, 0.3) is 5.91 Å². The number of aromatic nitrogens is 1. The molecule has 0 bridgehead atoms. The maximum atomic E-state index is 13.2. The number of pyridine rings is 1. The molecule has 2 aliphatic rings. The van der Waals surface area contributed by atoms with Crippen molar-refractivity contribution in [2.24, 2.45) is 5.92 Å². The number of rotatable bonds is 4. The molecule has 132 valence electrons. The van der Waals surface area contributed by atoms with E-state index in [4.69, 9.17) is 9.47 Å². The van der Waals surface area contributed by atoms with Crippen molar-refractivity contribution in [2.75, 3.05) is 26.3 Å². The first-order valence-electron chi connectivity index (χ1n) is 9.19. The van der Waals surface area contributed by atoms with Crippen LogP contribution in [0.4, 0.5) is 0 Å². The molecule has 25 heavy (non-hydrogen) atoms. The van der Waals surface area contributed by atoms with Gasteiger partial charge in [0.2, 0.25) is 5.88 Å². The van der Waals surface area contributed by atoms with Crippen LogP contribution in [0.1, 0.15) is 36.5 Å². The zero-order chi connectivity index (χ0) is 17.2. The number of piperidine rings is 1. The van der Waals surface area contributed by atoms with Crippen LogP contribution in [0.2, 0.25) is 0 Å². The fraction of sp³-hybridized carbons (Fsp3) is 0.500. The van der Waals surface area contributed by atoms with Gasteiger partial charge in [-0.3, -0.25) is 4.79 Å². The fourth-order valence-electron chi connectivity index (χ4n) is 3.79. The van der Waals surface area contributed by atoms with Crippen molar-refractivity contribution < 1.29 is 14.3 Å². The molecule has 0 saturated carbocycles. The van der Waals surface area contributed by atoms with E-state index in [1.807, 2.05) is 42.2 Å². The number of hydrogen-bond acceptors (Lipinski definition) is 4. The SMILES string of the molecule is CCCOc1nc2ccccc2cc1C(=O)N1CC[C@@H]2OCC[C@@H]2C1. The van der Waals surface area contributed by atoms with Crippen LogP contribution in [0.5, 0.6) is 5.88 Å². The summed E-state index contributed by atoms with van der Waals surface area (Å²) in [5, 5.41) is 0.966. The molecule has 0 aliphatic carbocycles. The maximum Gasteiger partial charge on any atom is 0.259 e. The zero-order valence-electron chi connectivity index (χ0n) is 14.6. The van der Waals surface area contributed by atoms with E-state index in [9.17, 15) is 4.79 Å². The average Bonchev–Trinajstić information content (AvgIpc) is 3.12. The molecule has 1 amide bonds. The number of nitrogens with zero attached hydrogens (tertiary/aromatic N) is 2. The predicted octanol–water partition coefficient (Wildman–Crippen LogP) is 3.27. The van der Waals surface area contributed by atoms with Gasteiger partial charge >= 0.3 is 0 Å². The largest absolute Gasteiger partial charge is 0.477 e. The first-order chi connectivity index (χ1) is 12.3. The van der Waals surface area contributed by atoms with E-state index in [0.29, 0.717) is 30.1 Å². The van der Waals surface area contributed by atoms with Crippen LogP contribution in [-0.4, -0.2) is 48.2 Å². The fourth-order valence-corrected chi connectivity index (χ4v) is 3.79. The summed E-state index contributed by atoms with van der Waals surface area (Å²) in [4.78, 5) is 19.7. The summed E-state index contributed by atoms with van der Waals surface area (Å²) >= 11 is 0. The van der Waals surface area contributed by atoms with E-state index in [0.717, 1.165) is 49.9 Å². The van der Waals surface area contributed by atoms with Crippen molar-refractivity contribution in [2.45, 2.75) is 32.3 Å². The molecule has 5 nitrogen and oxygen atoms in total. The van der Waals surface area contributed by atoms with Gasteiger partial charge in [0.1, 0.15) is 5.56 Å². The molecule has 2 fully saturated rings. The Kier molecular flexibility index (Phi) is 4.57. The van der Waals surface area contributed by atoms with Gasteiger partial charge in [-0.25, -0.2) is 4.98 Å². The van der Waals surface area contributed by atoms with Crippen LogP contribution < -0.4 is 4.74 Å². The molecule has 4 rings (SSSR count). The lowest BCUT2D eigenvalue weighted by molar-refractivity contribution is 0.0304. The number of para-hydroxylation sites is 1. The van der Waals surface area contributed by atoms with Gasteiger partial charge in [0.05, 0.1) is 18.2 Å². The van der Waals surface area contributed by atoms with Crippen LogP contribution in [0.3, 0.4) is 0 Å². The number of benzene rings is 1. The van der Waals surface area contributed by atoms with Crippen molar-refractivity contribution in [3.05, 3.63) is 35.9 Å². The molecule has 0 N–H and O–H groups in total. The van der Waals surface area contributed by atoms with Crippen molar-refractivity contribution in [1.82, 2.24) is 9.88 Å². The molecular formula is C20H24N2O3. The summed E-state index contributed by atoms with van der Waals surface area (Å²) in [6, 6.07) is 9.77. The van der Waals surface area contributed by atoms with Crippen LogP contribution >= 0.6 is 0 Å². The number of hydrogen-bond donors (Lipinski definition) is 0. The lowest BCUT2D eigenvalue weighted by Gasteiger charge is -2.34. The van der Waals surface area contributed by atoms with E-state index < -0.39 is 0 Å². The predicted molar refractivity (Wildman–Crippen MR) is 95.9 cm³/mol. The lowest BCUT2D eigenvalue weighted by Crippen LogP contribution is -2.44. The van der Waals surface area contributed by atoms with E-state index in [1.54, 1.807) is 0 Å². The van der Waals surface area contributed by atoms with Gasteiger partial charge in [-0.05, 0) is 31.4 Å². The Morgan fingerprint density at radius 1 is 1.36 bits per heavy atom. The molecule has 2 saturated heterocycles. The number of carbonyl (C=O) groups is 1. The Labute approximate surface area is 147 Å². The first-order valence-corrected chi connectivity index (χ1v) is 9.19. The second kappa shape index (κ2) is 7.00. The van der Waals surface area contributed by atoms with Crippen molar-refractivity contribution >= 4 is 16.8 Å². The first kappa shape index (κ1) is 16.3. The zero-order valence-corrected chi connectivity index (χ0v) is 14.6.